The van der Waals surface area contributed by atoms with Gasteiger partial charge in [0.1, 0.15) is 0 Å². The topological polar surface area (TPSA) is 104 Å². The smallest absolute Gasteiger partial charge is 0.251 e. The fourth-order valence-electron chi connectivity index (χ4n) is 3.72. The number of nitrogens with zero attached hydrogens (tertiary/aromatic N) is 4. The highest BCUT2D eigenvalue weighted by molar-refractivity contribution is 5.90. The van der Waals surface area contributed by atoms with Gasteiger partial charge in [-0.1, -0.05) is 0 Å². The van der Waals surface area contributed by atoms with Gasteiger partial charge in [-0.15, -0.1) is 0 Å². The van der Waals surface area contributed by atoms with Crippen LogP contribution in [0.15, 0.2) is 53.7 Å². The molecule has 28 heavy (non-hydrogen) atoms. The molecule has 3 aromatic heterocycles. The van der Waals surface area contributed by atoms with Crippen molar-refractivity contribution in [3.05, 3.63) is 59.3 Å². The number of fused-ring (bicyclic) bond motifs is 1. The number of aromatic nitrogens is 5. The molecule has 1 fully saturated rings. The van der Waals surface area contributed by atoms with Crippen LogP contribution in [-0.2, 0) is 11.3 Å². The first-order valence-corrected chi connectivity index (χ1v) is 9.29. The van der Waals surface area contributed by atoms with Crippen molar-refractivity contribution < 1.29 is 4.74 Å². The van der Waals surface area contributed by atoms with Gasteiger partial charge in [-0.05, 0) is 48.2 Å². The third kappa shape index (κ3) is 2.97. The number of rotatable bonds is 4. The van der Waals surface area contributed by atoms with Gasteiger partial charge in [0.15, 0.2) is 5.95 Å². The zero-order chi connectivity index (χ0) is 19.1. The van der Waals surface area contributed by atoms with Crippen molar-refractivity contribution in [2.24, 2.45) is 0 Å². The van der Waals surface area contributed by atoms with Crippen LogP contribution in [0.5, 0.6) is 0 Å². The SMILES string of the molecule is Nc1nc2cc(-c3ccn(CC4CCCO4)c(=O)c3)cc(-n3cccn3)c2[nH]1. The molecule has 8 nitrogen and oxygen atoms in total. The molecule has 0 saturated carbocycles. The summed E-state index contributed by atoms with van der Waals surface area (Å²) in [4.78, 5) is 20.1. The van der Waals surface area contributed by atoms with Crippen LogP contribution in [-0.4, -0.2) is 37.0 Å². The Bertz CT molecular complexity index is 1190. The van der Waals surface area contributed by atoms with Gasteiger partial charge in [-0.25, -0.2) is 9.67 Å². The molecule has 0 aliphatic carbocycles. The van der Waals surface area contributed by atoms with Crippen LogP contribution in [0, 0.1) is 0 Å². The van der Waals surface area contributed by atoms with Crippen molar-refractivity contribution in [1.82, 2.24) is 24.3 Å². The second-order valence-corrected chi connectivity index (χ2v) is 7.00. The number of nitrogens with two attached hydrogens (primary N) is 1. The minimum Gasteiger partial charge on any atom is -0.376 e. The lowest BCUT2D eigenvalue weighted by Gasteiger charge is -2.13. The van der Waals surface area contributed by atoms with Crippen LogP contribution in [0.1, 0.15) is 12.8 Å². The number of ether oxygens (including phenoxy) is 1. The average Bonchev–Trinajstić information content (AvgIpc) is 3.43. The standard InChI is InChI=1S/C20H20N6O2/c21-20-23-16-9-14(10-17(19(16)24-20)26-6-2-5-22-26)13-4-7-25(18(27)11-13)12-15-3-1-8-28-15/h2,4-7,9-11,15H,1,3,8,12H2,(H3,21,23,24). The van der Waals surface area contributed by atoms with Crippen molar-refractivity contribution in [3.63, 3.8) is 0 Å². The molecule has 0 radical (unpaired) electrons. The van der Waals surface area contributed by atoms with Gasteiger partial charge in [-0.3, -0.25) is 4.79 Å². The molecule has 1 saturated heterocycles. The van der Waals surface area contributed by atoms with Crippen molar-refractivity contribution in [2.45, 2.75) is 25.5 Å². The molecule has 1 aliphatic rings. The number of hydrogen-bond donors (Lipinski definition) is 2. The van der Waals surface area contributed by atoms with Crippen LogP contribution < -0.4 is 11.3 Å². The molecule has 1 atom stereocenters. The Hall–Kier alpha value is -3.39. The summed E-state index contributed by atoms with van der Waals surface area (Å²) in [7, 11) is 0. The third-order valence-electron chi connectivity index (χ3n) is 5.10. The molecule has 1 unspecified atom stereocenters. The first kappa shape index (κ1) is 16.8. The van der Waals surface area contributed by atoms with E-state index in [1.54, 1.807) is 21.5 Å². The number of benzene rings is 1. The summed E-state index contributed by atoms with van der Waals surface area (Å²) in [5.74, 6) is 0.340. The van der Waals surface area contributed by atoms with Crippen LogP contribution in [0.4, 0.5) is 5.95 Å². The van der Waals surface area contributed by atoms with Crippen molar-refractivity contribution in [3.8, 4) is 16.8 Å². The minimum atomic E-state index is -0.0460. The Labute approximate surface area is 160 Å². The number of imidazole rings is 1. The molecule has 1 aliphatic heterocycles. The molecular formula is C20H20N6O2. The van der Waals surface area contributed by atoms with Gasteiger partial charge < -0.3 is 20.0 Å². The maximum absolute atomic E-state index is 12.6. The van der Waals surface area contributed by atoms with E-state index < -0.39 is 0 Å². The Morgan fingerprint density at radius 2 is 2.18 bits per heavy atom. The number of anilines is 1. The maximum atomic E-state index is 12.6. The molecular weight excluding hydrogens is 356 g/mol. The quantitative estimate of drug-likeness (QED) is 0.569. The highest BCUT2D eigenvalue weighted by Gasteiger charge is 2.17. The average molecular weight is 376 g/mol. The highest BCUT2D eigenvalue weighted by atomic mass is 16.5. The van der Waals surface area contributed by atoms with E-state index in [-0.39, 0.29) is 11.7 Å². The van der Waals surface area contributed by atoms with E-state index in [0.29, 0.717) is 12.5 Å². The molecule has 0 bridgehead atoms. The summed E-state index contributed by atoms with van der Waals surface area (Å²) in [6, 6.07) is 9.35. The highest BCUT2D eigenvalue weighted by Crippen LogP contribution is 2.28. The van der Waals surface area contributed by atoms with Gasteiger partial charge >= 0.3 is 0 Å². The van der Waals surface area contributed by atoms with Gasteiger partial charge in [0, 0.05) is 31.3 Å². The summed E-state index contributed by atoms with van der Waals surface area (Å²) in [5, 5.41) is 4.32. The van der Waals surface area contributed by atoms with Crippen molar-refractivity contribution >= 4 is 17.0 Å². The van der Waals surface area contributed by atoms with Crippen LogP contribution >= 0.6 is 0 Å². The first-order chi connectivity index (χ1) is 13.7. The zero-order valence-electron chi connectivity index (χ0n) is 15.2. The second-order valence-electron chi connectivity index (χ2n) is 7.00. The second kappa shape index (κ2) is 6.65. The lowest BCUT2D eigenvalue weighted by atomic mass is 10.0. The van der Waals surface area contributed by atoms with Crippen LogP contribution in [0.2, 0.25) is 0 Å². The lowest BCUT2D eigenvalue weighted by Crippen LogP contribution is -2.25. The molecule has 0 amide bonds. The van der Waals surface area contributed by atoms with Crippen LogP contribution in [0.3, 0.4) is 0 Å². The molecule has 5 rings (SSSR count). The Morgan fingerprint density at radius 3 is 2.93 bits per heavy atom. The Kier molecular flexibility index (Phi) is 3.98. The van der Waals surface area contributed by atoms with E-state index in [4.69, 9.17) is 10.5 Å². The van der Waals surface area contributed by atoms with Crippen LogP contribution in [0.25, 0.3) is 27.8 Å². The minimum absolute atomic E-state index is 0.0460. The molecule has 8 heteroatoms. The molecule has 142 valence electrons. The van der Waals surface area contributed by atoms with E-state index in [1.807, 2.05) is 36.7 Å². The van der Waals surface area contributed by atoms with E-state index in [9.17, 15) is 4.79 Å². The van der Waals surface area contributed by atoms with Crippen molar-refractivity contribution in [2.75, 3.05) is 12.3 Å². The van der Waals surface area contributed by atoms with E-state index in [1.165, 1.54) is 0 Å². The number of H-pyrrole nitrogens is 1. The summed E-state index contributed by atoms with van der Waals surface area (Å²) in [5.41, 5.74) is 9.87. The fourth-order valence-corrected chi connectivity index (χ4v) is 3.72. The summed E-state index contributed by atoms with van der Waals surface area (Å²) in [6.45, 7) is 1.37. The number of pyridine rings is 1. The summed E-state index contributed by atoms with van der Waals surface area (Å²) < 4.78 is 9.10. The lowest BCUT2D eigenvalue weighted by molar-refractivity contribution is 0.0962. The zero-order valence-corrected chi connectivity index (χ0v) is 15.2. The monoisotopic (exact) mass is 376 g/mol. The molecule has 4 aromatic rings. The summed E-state index contributed by atoms with van der Waals surface area (Å²) in [6.07, 6.45) is 7.58. The Morgan fingerprint density at radius 1 is 1.25 bits per heavy atom. The maximum Gasteiger partial charge on any atom is 0.251 e. The number of nitrogens with one attached hydrogen (secondary N) is 1. The molecule has 1 aromatic carbocycles. The molecule has 0 spiro atoms. The van der Waals surface area contributed by atoms with Gasteiger partial charge in [0.2, 0.25) is 0 Å². The van der Waals surface area contributed by atoms with Gasteiger partial charge in [0.05, 0.1) is 29.4 Å². The van der Waals surface area contributed by atoms with E-state index in [2.05, 4.69) is 15.1 Å². The normalized spacial score (nSPS) is 16.8. The predicted octanol–water partition coefficient (Wildman–Crippen LogP) is 2.34. The Balaban J connectivity index is 1.57. The third-order valence-corrected chi connectivity index (χ3v) is 5.10. The molecule has 4 heterocycles. The number of aromatic amines is 1. The number of hydrogen-bond acceptors (Lipinski definition) is 5. The number of nitrogen functional groups attached to an aromatic ring is 1. The fraction of sp³-hybridized carbons (Fsp3) is 0.250. The van der Waals surface area contributed by atoms with E-state index >= 15 is 0 Å². The van der Waals surface area contributed by atoms with Gasteiger partial charge in [0.25, 0.3) is 5.56 Å². The molecule has 3 N–H and O–H groups in total. The van der Waals surface area contributed by atoms with Gasteiger partial charge in [-0.2, -0.15) is 5.10 Å². The van der Waals surface area contributed by atoms with E-state index in [0.717, 1.165) is 47.3 Å². The largest absolute Gasteiger partial charge is 0.376 e. The van der Waals surface area contributed by atoms with Crippen molar-refractivity contribution in [1.29, 1.82) is 0 Å². The summed E-state index contributed by atoms with van der Waals surface area (Å²) >= 11 is 0. The first-order valence-electron chi connectivity index (χ1n) is 9.29. The predicted molar refractivity (Wildman–Crippen MR) is 106 cm³/mol.